The zero-order valence-electron chi connectivity index (χ0n) is 15.8. The summed E-state index contributed by atoms with van der Waals surface area (Å²) in [4.78, 5) is 39.2. The molecular weight excluding hydrogens is 370 g/mol. The molecule has 144 valence electrons. The van der Waals surface area contributed by atoms with Gasteiger partial charge >= 0.3 is 5.97 Å². The van der Waals surface area contributed by atoms with Crippen molar-refractivity contribution in [3.8, 4) is 0 Å². The third-order valence-corrected chi connectivity index (χ3v) is 5.37. The third-order valence-electron chi connectivity index (χ3n) is 4.26. The largest absolute Gasteiger partial charge is 0.454 e. The van der Waals surface area contributed by atoms with Crippen LogP contribution < -0.4 is 0 Å². The fraction of sp³-hybridized carbons (Fsp3) is 0.316. The van der Waals surface area contributed by atoms with E-state index in [1.54, 1.807) is 20.8 Å². The van der Waals surface area contributed by atoms with Gasteiger partial charge in [0, 0.05) is 17.5 Å². The summed E-state index contributed by atoms with van der Waals surface area (Å²) in [7, 11) is -3.48. The second-order valence-electron chi connectivity index (χ2n) is 6.43. The van der Waals surface area contributed by atoms with Gasteiger partial charge in [-0.05, 0) is 51.0 Å². The molecule has 0 saturated carbocycles. The van der Waals surface area contributed by atoms with E-state index in [0.717, 1.165) is 6.26 Å². The summed E-state index contributed by atoms with van der Waals surface area (Å²) in [6.45, 7) is 5.86. The van der Waals surface area contributed by atoms with Gasteiger partial charge in [0.2, 0.25) is 5.78 Å². The Morgan fingerprint density at radius 2 is 1.74 bits per heavy atom. The number of esters is 1. The van der Waals surface area contributed by atoms with Crippen molar-refractivity contribution in [3.05, 3.63) is 51.8 Å². The number of aromatic amines is 1. The van der Waals surface area contributed by atoms with Gasteiger partial charge in [0.25, 0.3) is 0 Å². The number of Topliss-reactive ketones (excluding diaryl/α,β-unsaturated/α-hetero) is 2. The number of aryl methyl sites for hydroxylation is 2. The van der Waals surface area contributed by atoms with E-state index in [-0.39, 0.29) is 21.9 Å². The van der Waals surface area contributed by atoms with Crippen LogP contribution in [0.25, 0.3) is 0 Å². The Bertz CT molecular complexity index is 1050. The molecule has 0 aliphatic heterocycles. The Kier molecular flexibility index (Phi) is 5.70. The standard InChI is InChI=1S/C19H21NO6S/c1-10-6-7-14(27(5,24)25)8-15(10)19(23)26-9-16(22)18-11(2)17(13(4)21)12(3)20-18/h6-8,20H,9H2,1-5H3. The molecule has 0 bridgehead atoms. The van der Waals surface area contributed by atoms with Gasteiger partial charge in [-0.15, -0.1) is 0 Å². The van der Waals surface area contributed by atoms with Crippen LogP contribution in [-0.4, -0.2) is 43.8 Å². The van der Waals surface area contributed by atoms with Gasteiger partial charge in [0.1, 0.15) is 0 Å². The number of nitrogens with one attached hydrogen (secondary N) is 1. The minimum Gasteiger partial charge on any atom is -0.454 e. The second kappa shape index (κ2) is 7.48. The molecule has 0 saturated heterocycles. The number of ether oxygens (including phenoxy) is 1. The molecular formula is C19H21NO6S. The van der Waals surface area contributed by atoms with Crippen molar-refractivity contribution in [1.82, 2.24) is 4.98 Å². The number of hydrogen-bond acceptors (Lipinski definition) is 6. The van der Waals surface area contributed by atoms with E-state index in [1.807, 2.05) is 0 Å². The number of carbonyl (C=O) groups excluding carboxylic acids is 3. The summed E-state index contributed by atoms with van der Waals surface area (Å²) in [6.07, 6.45) is 1.04. The predicted octanol–water partition coefficient (Wildman–Crippen LogP) is 2.59. The van der Waals surface area contributed by atoms with Gasteiger partial charge in [0.05, 0.1) is 16.2 Å². The van der Waals surface area contributed by atoms with E-state index in [0.29, 0.717) is 22.4 Å². The lowest BCUT2D eigenvalue weighted by Gasteiger charge is -2.08. The summed E-state index contributed by atoms with van der Waals surface area (Å²) >= 11 is 0. The molecule has 1 heterocycles. The molecule has 0 fully saturated rings. The number of sulfone groups is 1. The zero-order chi connectivity index (χ0) is 20.5. The lowest BCUT2D eigenvalue weighted by Crippen LogP contribution is -2.16. The quantitative estimate of drug-likeness (QED) is 0.599. The van der Waals surface area contributed by atoms with Crippen LogP contribution in [-0.2, 0) is 14.6 Å². The van der Waals surface area contributed by atoms with Crippen molar-refractivity contribution < 1.29 is 27.5 Å². The number of rotatable bonds is 6. The average Bonchev–Trinajstić information content (AvgIpc) is 2.86. The molecule has 2 aromatic rings. The van der Waals surface area contributed by atoms with Crippen molar-refractivity contribution in [3.63, 3.8) is 0 Å². The van der Waals surface area contributed by atoms with E-state index >= 15 is 0 Å². The van der Waals surface area contributed by atoms with Crippen LogP contribution in [0.5, 0.6) is 0 Å². The molecule has 1 aromatic carbocycles. The molecule has 2 rings (SSSR count). The van der Waals surface area contributed by atoms with E-state index in [4.69, 9.17) is 4.74 Å². The SMILES string of the molecule is CC(=O)c1c(C)[nH]c(C(=O)COC(=O)c2cc(S(C)(=O)=O)ccc2C)c1C. The van der Waals surface area contributed by atoms with Crippen molar-refractivity contribution in [1.29, 1.82) is 0 Å². The summed E-state index contributed by atoms with van der Waals surface area (Å²) in [6, 6.07) is 4.14. The fourth-order valence-corrected chi connectivity index (χ4v) is 3.54. The van der Waals surface area contributed by atoms with Crippen LogP contribution in [0.2, 0.25) is 0 Å². The van der Waals surface area contributed by atoms with Gasteiger partial charge in [-0.1, -0.05) is 6.07 Å². The van der Waals surface area contributed by atoms with E-state index in [1.165, 1.54) is 25.1 Å². The van der Waals surface area contributed by atoms with Crippen LogP contribution in [0.3, 0.4) is 0 Å². The maximum atomic E-state index is 12.4. The molecule has 1 aromatic heterocycles. The summed E-state index contributed by atoms with van der Waals surface area (Å²) in [5, 5.41) is 0. The lowest BCUT2D eigenvalue weighted by atomic mass is 10.1. The van der Waals surface area contributed by atoms with Crippen molar-refractivity contribution >= 4 is 27.4 Å². The maximum Gasteiger partial charge on any atom is 0.338 e. The van der Waals surface area contributed by atoms with Crippen LogP contribution in [0.1, 0.15) is 54.9 Å². The first-order chi connectivity index (χ1) is 12.4. The Morgan fingerprint density at radius 1 is 1.11 bits per heavy atom. The number of benzene rings is 1. The highest BCUT2D eigenvalue weighted by molar-refractivity contribution is 7.90. The summed E-state index contributed by atoms with van der Waals surface area (Å²) < 4.78 is 28.4. The molecule has 7 nitrogen and oxygen atoms in total. The van der Waals surface area contributed by atoms with Crippen LogP contribution in [0.4, 0.5) is 0 Å². The van der Waals surface area contributed by atoms with Gasteiger partial charge < -0.3 is 9.72 Å². The first-order valence-corrected chi connectivity index (χ1v) is 10.0. The number of carbonyl (C=O) groups is 3. The number of H-pyrrole nitrogens is 1. The van der Waals surface area contributed by atoms with Gasteiger partial charge in [0.15, 0.2) is 22.2 Å². The van der Waals surface area contributed by atoms with Crippen LogP contribution in [0, 0.1) is 20.8 Å². The summed E-state index contributed by atoms with van der Waals surface area (Å²) in [5.41, 5.74) is 2.36. The number of hydrogen-bond donors (Lipinski definition) is 1. The number of aromatic nitrogens is 1. The Balaban J connectivity index is 2.20. The Labute approximate surface area is 157 Å². The molecule has 8 heteroatoms. The Morgan fingerprint density at radius 3 is 2.26 bits per heavy atom. The minimum atomic E-state index is -3.48. The number of ketones is 2. The molecule has 0 atom stereocenters. The first-order valence-electron chi connectivity index (χ1n) is 8.14. The highest BCUT2D eigenvalue weighted by Crippen LogP contribution is 2.20. The van der Waals surface area contributed by atoms with E-state index < -0.39 is 28.2 Å². The molecule has 0 spiro atoms. The fourth-order valence-electron chi connectivity index (χ4n) is 2.89. The maximum absolute atomic E-state index is 12.4. The smallest absolute Gasteiger partial charge is 0.338 e. The monoisotopic (exact) mass is 391 g/mol. The third kappa shape index (κ3) is 4.33. The highest BCUT2D eigenvalue weighted by atomic mass is 32.2. The molecule has 0 amide bonds. The van der Waals surface area contributed by atoms with E-state index in [9.17, 15) is 22.8 Å². The van der Waals surface area contributed by atoms with Crippen molar-refractivity contribution in [2.75, 3.05) is 12.9 Å². The van der Waals surface area contributed by atoms with Gasteiger partial charge in [-0.2, -0.15) is 0 Å². The molecule has 0 aliphatic rings. The second-order valence-corrected chi connectivity index (χ2v) is 8.45. The molecule has 0 aliphatic carbocycles. The van der Waals surface area contributed by atoms with Crippen molar-refractivity contribution in [2.45, 2.75) is 32.6 Å². The van der Waals surface area contributed by atoms with Crippen LogP contribution >= 0.6 is 0 Å². The molecule has 0 radical (unpaired) electrons. The lowest BCUT2D eigenvalue weighted by molar-refractivity contribution is 0.0472. The molecule has 1 N–H and O–H groups in total. The van der Waals surface area contributed by atoms with E-state index in [2.05, 4.69) is 4.98 Å². The average molecular weight is 391 g/mol. The summed E-state index contributed by atoms with van der Waals surface area (Å²) in [5.74, 6) is -1.43. The highest BCUT2D eigenvalue weighted by Gasteiger charge is 2.22. The van der Waals surface area contributed by atoms with Crippen LogP contribution in [0.15, 0.2) is 23.1 Å². The van der Waals surface area contributed by atoms with Gasteiger partial charge in [-0.25, -0.2) is 13.2 Å². The van der Waals surface area contributed by atoms with Gasteiger partial charge in [-0.3, -0.25) is 9.59 Å². The Hall–Kier alpha value is -2.74. The molecule has 0 unspecified atom stereocenters. The molecule has 27 heavy (non-hydrogen) atoms. The minimum absolute atomic E-state index is 0.00619. The predicted molar refractivity (Wildman–Crippen MR) is 99.2 cm³/mol. The zero-order valence-corrected chi connectivity index (χ0v) is 16.6. The topological polar surface area (TPSA) is 110 Å². The van der Waals surface area contributed by atoms with Crippen molar-refractivity contribution in [2.24, 2.45) is 0 Å². The normalized spacial score (nSPS) is 11.3. The first kappa shape index (κ1) is 20.6.